The van der Waals surface area contributed by atoms with E-state index in [1.807, 2.05) is 32.0 Å². The highest BCUT2D eigenvalue weighted by atomic mass is 16.1. The van der Waals surface area contributed by atoms with Gasteiger partial charge in [-0.25, -0.2) is 0 Å². The van der Waals surface area contributed by atoms with Crippen LogP contribution in [0.2, 0.25) is 0 Å². The maximum atomic E-state index is 12.5. The number of carbonyl (C=O) groups excluding carboxylic acids is 1. The lowest BCUT2D eigenvalue weighted by Crippen LogP contribution is -2.34. The molecule has 1 aromatic carbocycles. The third-order valence-electron chi connectivity index (χ3n) is 4.00. The number of anilines is 1. The largest absolute Gasteiger partial charge is 0.385 e. The van der Waals surface area contributed by atoms with Crippen molar-refractivity contribution >= 4 is 11.6 Å². The summed E-state index contributed by atoms with van der Waals surface area (Å²) in [7, 11) is 0. The molecule has 0 heterocycles. The lowest BCUT2D eigenvalue weighted by Gasteiger charge is -2.25. The zero-order chi connectivity index (χ0) is 16.0. The zero-order valence-electron chi connectivity index (χ0n) is 14.3. The third kappa shape index (κ3) is 5.07. The molecule has 0 aliphatic heterocycles. The summed E-state index contributed by atoms with van der Waals surface area (Å²) >= 11 is 0. The van der Waals surface area contributed by atoms with Crippen molar-refractivity contribution in [3.8, 4) is 0 Å². The van der Waals surface area contributed by atoms with Gasteiger partial charge < -0.3 is 10.6 Å². The van der Waals surface area contributed by atoms with Gasteiger partial charge in [0.25, 0.3) is 5.91 Å². The van der Waals surface area contributed by atoms with Crippen LogP contribution in [0.15, 0.2) is 18.2 Å². The molecule has 0 spiro atoms. The molecule has 0 bridgehead atoms. The van der Waals surface area contributed by atoms with Gasteiger partial charge in [0.1, 0.15) is 0 Å². The number of hydrogen-bond acceptors (Lipinski definition) is 2. The Morgan fingerprint density at radius 1 is 1.14 bits per heavy atom. The Morgan fingerprint density at radius 2 is 1.76 bits per heavy atom. The molecular formula is C18H30N2O. The van der Waals surface area contributed by atoms with Crippen molar-refractivity contribution in [1.29, 1.82) is 0 Å². The van der Waals surface area contributed by atoms with Gasteiger partial charge in [-0.2, -0.15) is 0 Å². The fourth-order valence-corrected chi connectivity index (χ4v) is 2.74. The van der Waals surface area contributed by atoms with E-state index in [-0.39, 0.29) is 5.91 Å². The van der Waals surface area contributed by atoms with Crippen molar-refractivity contribution in [2.45, 2.75) is 41.5 Å². The van der Waals surface area contributed by atoms with Gasteiger partial charge in [0.05, 0.1) is 5.56 Å². The van der Waals surface area contributed by atoms with Crippen LogP contribution in [0, 0.1) is 24.7 Å². The Bertz CT molecular complexity index is 458. The molecular weight excluding hydrogens is 260 g/mol. The molecule has 3 heteroatoms. The van der Waals surface area contributed by atoms with Gasteiger partial charge in [0.15, 0.2) is 0 Å². The van der Waals surface area contributed by atoms with Gasteiger partial charge in [-0.1, -0.05) is 39.3 Å². The van der Waals surface area contributed by atoms with E-state index in [0.717, 1.165) is 29.9 Å². The molecule has 1 amide bonds. The quantitative estimate of drug-likeness (QED) is 0.794. The minimum Gasteiger partial charge on any atom is -0.385 e. The highest BCUT2D eigenvalue weighted by Crippen LogP contribution is 2.21. The van der Waals surface area contributed by atoms with Crippen LogP contribution < -0.4 is 10.6 Å². The maximum absolute atomic E-state index is 12.5. The standard InChI is InChI=1S/C18H30N2O/c1-7-19-17-9-8-14(6)10-15(17)18(21)20-11-16(12(2)3)13(4)5/h8-10,12-13,16,19H,7,11H2,1-6H3,(H,20,21). The van der Waals surface area contributed by atoms with Crippen LogP contribution in [0.5, 0.6) is 0 Å². The summed E-state index contributed by atoms with van der Waals surface area (Å²) in [4.78, 5) is 12.5. The van der Waals surface area contributed by atoms with Gasteiger partial charge >= 0.3 is 0 Å². The number of amides is 1. The highest BCUT2D eigenvalue weighted by Gasteiger charge is 2.19. The fraction of sp³-hybridized carbons (Fsp3) is 0.611. The summed E-state index contributed by atoms with van der Waals surface area (Å²) in [6.45, 7) is 14.5. The number of aryl methyl sites for hydroxylation is 1. The van der Waals surface area contributed by atoms with Crippen LogP contribution in [-0.4, -0.2) is 19.0 Å². The molecule has 0 saturated carbocycles. The van der Waals surface area contributed by atoms with E-state index < -0.39 is 0 Å². The Kier molecular flexibility index (Phi) is 6.73. The number of rotatable bonds is 7. The minimum absolute atomic E-state index is 0.0148. The molecule has 0 fully saturated rings. The Labute approximate surface area is 129 Å². The van der Waals surface area contributed by atoms with Gasteiger partial charge in [-0.3, -0.25) is 4.79 Å². The SMILES string of the molecule is CCNc1ccc(C)cc1C(=O)NCC(C(C)C)C(C)C. The van der Waals surface area contributed by atoms with Gasteiger partial charge in [-0.05, 0) is 43.7 Å². The normalized spacial score (nSPS) is 11.3. The van der Waals surface area contributed by atoms with Crippen molar-refractivity contribution in [3.05, 3.63) is 29.3 Å². The molecule has 0 saturated heterocycles. The van der Waals surface area contributed by atoms with E-state index >= 15 is 0 Å². The van der Waals surface area contributed by atoms with Gasteiger partial charge in [0.2, 0.25) is 0 Å². The van der Waals surface area contributed by atoms with Crippen molar-refractivity contribution in [1.82, 2.24) is 5.32 Å². The molecule has 0 unspecified atom stereocenters. The Balaban J connectivity index is 2.81. The first kappa shape index (κ1) is 17.5. The fourth-order valence-electron chi connectivity index (χ4n) is 2.74. The second kappa shape index (κ2) is 8.06. The van der Waals surface area contributed by atoms with Crippen LogP contribution in [0.1, 0.15) is 50.5 Å². The van der Waals surface area contributed by atoms with Gasteiger partial charge in [-0.15, -0.1) is 0 Å². The second-order valence-corrected chi connectivity index (χ2v) is 6.44. The number of benzene rings is 1. The first-order valence-electron chi connectivity index (χ1n) is 7.99. The molecule has 0 aromatic heterocycles. The minimum atomic E-state index is 0.0148. The van der Waals surface area contributed by atoms with Gasteiger partial charge in [0, 0.05) is 18.8 Å². The monoisotopic (exact) mass is 290 g/mol. The first-order chi connectivity index (χ1) is 9.86. The molecule has 2 N–H and O–H groups in total. The van der Waals surface area contributed by atoms with E-state index in [4.69, 9.17) is 0 Å². The van der Waals surface area contributed by atoms with E-state index in [1.165, 1.54) is 0 Å². The van der Waals surface area contributed by atoms with Crippen LogP contribution in [0.25, 0.3) is 0 Å². The average molecular weight is 290 g/mol. The molecule has 0 aliphatic rings. The molecule has 3 nitrogen and oxygen atoms in total. The van der Waals surface area contributed by atoms with E-state index in [2.05, 4.69) is 38.3 Å². The lowest BCUT2D eigenvalue weighted by atomic mass is 9.85. The topological polar surface area (TPSA) is 41.1 Å². The van der Waals surface area contributed by atoms with Crippen LogP contribution in [-0.2, 0) is 0 Å². The molecule has 1 rings (SSSR count). The maximum Gasteiger partial charge on any atom is 0.253 e. The zero-order valence-corrected chi connectivity index (χ0v) is 14.3. The molecule has 1 aromatic rings. The predicted octanol–water partition coefficient (Wildman–Crippen LogP) is 4.08. The number of hydrogen-bond donors (Lipinski definition) is 2. The average Bonchev–Trinajstić information content (AvgIpc) is 2.40. The smallest absolute Gasteiger partial charge is 0.253 e. The molecule has 118 valence electrons. The summed E-state index contributed by atoms with van der Waals surface area (Å²) in [6, 6.07) is 5.96. The van der Waals surface area contributed by atoms with E-state index in [0.29, 0.717) is 17.8 Å². The summed E-state index contributed by atoms with van der Waals surface area (Å²) < 4.78 is 0. The van der Waals surface area contributed by atoms with E-state index in [9.17, 15) is 4.79 Å². The summed E-state index contributed by atoms with van der Waals surface area (Å²) in [5, 5.41) is 6.37. The van der Waals surface area contributed by atoms with Crippen molar-refractivity contribution < 1.29 is 4.79 Å². The van der Waals surface area contributed by atoms with E-state index in [1.54, 1.807) is 0 Å². The number of nitrogens with one attached hydrogen (secondary N) is 2. The molecule has 0 atom stereocenters. The highest BCUT2D eigenvalue weighted by molar-refractivity contribution is 5.99. The Morgan fingerprint density at radius 3 is 2.29 bits per heavy atom. The van der Waals surface area contributed by atoms with Crippen molar-refractivity contribution in [2.75, 3.05) is 18.4 Å². The van der Waals surface area contributed by atoms with Crippen molar-refractivity contribution in [3.63, 3.8) is 0 Å². The van der Waals surface area contributed by atoms with Crippen LogP contribution in [0.3, 0.4) is 0 Å². The molecule has 0 radical (unpaired) electrons. The van der Waals surface area contributed by atoms with Crippen LogP contribution in [0.4, 0.5) is 5.69 Å². The predicted molar refractivity (Wildman–Crippen MR) is 90.8 cm³/mol. The first-order valence-corrected chi connectivity index (χ1v) is 7.99. The van der Waals surface area contributed by atoms with Crippen molar-refractivity contribution in [2.24, 2.45) is 17.8 Å². The Hall–Kier alpha value is -1.51. The summed E-state index contributed by atoms with van der Waals surface area (Å²) in [6.07, 6.45) is 0. The molecule has 21 heavy (non-hydrogen) atoms. The summed E-state index contributed by atoms with van der Waals surface area (Å²) in [5.74, 6) is 1.65. The summed E-state index contributed by atoms with van der Waals surface area (Å²) in [5.41, 5.74) is 2.75. The third-order valence-corrected chi connectivity index (χ3v) is 4.00. The number of carbonyl (C=O) groups is 1. The lowest BCUT2D eigenvalue weighted by molar-refractivity contribution is 0.0938. The molecule has 0 aliphatic carbocycles. The second-order valence-electron chi connectivity index (χ2n) is 6.44. The van der Waals surface area contributed by atoms with Crippen LogP contribution >= 0.6 is 0 Å².